The van der Waals surface area contributed by atoms with Crippen molar-refractivity contribution in [3.63, 3.8) is 0 Å². The van der Waals surface area contributed by atoms with Gasteiger partial charge in [0, 0.05) is 24.4 Å². The molecule has 1 unspecified atom stereocenters. The Bertz CT molecular complexity index is 1030. The van der Waals surface area contributed by atoms with E-state index in [9.17, 15) is 9.90 Å². The second kappa shape index (κ2) is 13.6. The van der Waals surface area contributed by atoms with Crippen LogP contribution in [0.1, 0.15) is 37.9 Å². The van der Waals surface area contributed by atoms with Crippen LogP contribution in [0.25, 0.3) is 11.3 Å². The number of nitrogens with zero attached hydrogens (tertiary/aromatic N) is 1. The van der Waals surface area contributed by atoms with Crippen LogP contribution in [0.2, 0.25) is 0 Å². The molecule has 1 aromatic heterocycles. The molecule has 3 aromatic rings. The van der Waals surface area contributed by atoms with Crippen molar-refractivity contribution in [2.24, 2.45) is 0 Å². The Morgan fingerprint density at radius 2 is 1.62 bits per heavy atom. The summed E-state index contributed by atoms with van der Waals surface area (Å²) in [7, 11) is 1.67. The van der Waals surface area contributed by atoms with Gasteiger partial charge in [-0.25, -0.2) is 0 Å². The molecular weight excluding hydrogens is 441 g/mol. The van der Waals surface area contributed by atoms with Gasteiger partial charge in [-0.1, -0.05) is 26.0 Å². The Morgan fingerprint density at radius 3 is 2.18 bits per heavy atom. The molecule has 0 spiro atoms. The molecule has 3 rings (SSSR count). The molecule has 7 heteroatoms. The third-order valence-electron chi connectivity index (χ3n) is 5.55. The van der Waals surface area contributed by atoms with Gasteiger partial charge in [0.25, 0.3) is 0 Å². The normalized spacial score (nSPS) is 11.7. The number of hydrogen-bond acceptors (Lipinski definition) is 5. The third-order valence-corrected chi connectivity index (χ3v) is 5.55. The molecule has 0 saturated carbocycles. The second-order valence-corrected chi connectivity index (χ2v) is 8.14. The fourth-order valence-electron chi connectivity index (χ4n) is 3.85. The molecule has 0 aliphatic heterocycles. The number of methoxy groups -OCH3 is 1. The van der Waals surface area contributed by atoms with Crippen molar-refractivity contribution in [1.29, 1.82) is 0 Å². The van der Waals surface area contributed by atoms with Crippen LogP contribution >= 0.6 is 0 Å². The van der Waals surface area contributed by atoms with E-state index in [2.05, 4.69) is 42.7 Å². The Morgan fingerprint density at radius 1 is 0.971 bits per heavy atom. The van der Waals surface area contributed by atoms with Crippen molar-refractivity contribution in [2.75, 3.05) is 20.3 Å². The van der Waals surface area contributed by atoms with Crippen molar-refractivity contribution in [3.05, 3.63) is 71.9 Å². The van der Waals surface area contributed by atoms with E-state index in [0.717, 1.165) is 28.3 Å². The summed E-state index contributed by atoms with van der Waals surface area (Å²) in [4.78, 5) is 11.2. The van der Waals surface area contributed by atoms with Crippen LogP contribution in [0.3, 0.4) is 0 Å². The van der Waals surface area contributed by atoms with Gasteiger partial charge >= 0.3 is 29.6 Å². The van der Waals surface area contributed by atoms with Crippen molar-refractivity contribution in [2.45, 2.75) is 45.8 Å². The van der Waals surface area contributed by atoms with Gasteiger partial charge in [0.1, 0.15) is 24.2 Å². The molecule has 0 aliphatic rings. The molecule has 2 aromatic carbocycles. The van der Waals surface area contributed by atoms with Crippen LogP contribution in [0.4, 0.5) is 0 Å². The fourth-order valence-corrected chi connectivity index (χ4v) is 3.85. The summed E-state index contributed by atoms with van der Waals surface area (Å²) >= 11 is 0. The number of aromatic nitrogens is 1. The number of carbonyl (C=O) groups excluding carboxylic acids is 1. The second-order valence-electron chi connectivity index (χ2n) is 8.14. The predicted octanol–water partition coefficient (Wildman–Crippen LogP) is 1.07. The number of rotatable bonds is 12. The van der Waals surface area contributed by atoms with E-state index < -0.39 is 12.1 Å². The molecule has 0 saturated heterocycles. The largest absolute Gasteiger partial charge is 1.00 e. The van der Waals surface area contributed by atoms with Gasteiger partial charge in [0.15, 0.2) is 0 Å². The Labute approximate surface area is 224 Å². The Kier molecular flexibility index (Phi) is 11.2. The van der Waals surface area contributed by atoms with Crippen LogP contribution in [0.5, 0.6) is 11.5 Å². The predicted molar refractivity (Wildman–Crippen MR) is 127 cm³/mol. The average Bonchev–Trinajstić information content (AvgIpc) is 3.24. The van der Waals surface area contributed by atoms with E-state index in [0.29, 0.717) is 25.7 Å². The van der Waals surface area contributed by atoms with Crippen molar-refractivity contribution >= 4 is 5.97 Å². The van der Waals surface area contributed by atoms with Crippen LogP contribution in [0.15, 0.2) is 60.7 Å². The molecule has 6 nitrogen and oxygen atoms in total. The van der Waals surface area contributed by atoms with Gasteiger partial charge < -0.3 is 28.7 Å². The molecule has 0 fully saturated rings. The minimum atomic E-state index is -1.20. The first-order valence-electron chi connectivity index (χ1n) is 11.3. The minimum Gasteiger partial charge on any atom is -0.547 e. The SMILES string of the molecule is CCOC(Cc1ccc(OCCn2c(-c3ccc(OC)cc3)ccc2C(C)C)cc1)C(=O)[O-].[Na+]. The summed E-state index contributed by atoms with van der Waals surface area (Å²) in [6.45, 7) is 7.69. The first kappa shape index (κ1) is 28.0. The zero-order chi connectivity index (χ0) is 23.8. The topological polar surface area (TPSA) is 72.8 Å². The summed E-state index contributed by atoms with van der Waals surface area (Å²) in [5, 5.41) is 11.2. The standard InChI is InChI=1S/C27H33NO5.Na/c1-5-32-26(27(29)30)18-20-6-10-23(11-7-20)33-17-16-28-24(19(2)3)14-15-25(28)21-8-12-22(31-4)13-9-21;/h6-15,19,26H,5,16-18H2,1-4H3,(H,29,30);/q;+1/p-1. The number of aliphatic carboxylic acids is 1. The maximum Gasteiger partial charge on any atom is 1.00 e. The molecule has 1 atom stereocenters. The Balaban J connectivity index is 0.00000408. The van der Waals surface area contributed by atoms with E-state index in [1.54, 1.807) is 14.0 Å². The molecular formula is C27H32NNaO5. The first-order valence-corrected chi connectivity index (χ1v) is 11.3. The summed E-state index contributed by atoms with van der Waals surface area (Å²) in [6.07, 6.45) is -0.677. The molecule has 0 aliphatic carbocycles. The third kappa shape index (κ3) is 7.37. The van der Waals surface area contributed by atoms with E-state index in [1.165, 1.54) is 5.69 Å². The zero-order valence-corrected chi connectivity index (χ0v) is 22.7. The fraction of sp³-hybridized carbons (Fsp3) is 0.370. The number of carbonyl (C=O) groups is 1. The van der Waals surface area contributed by atoms with Crippen LogP contribution in [-0.2, 0) is 22.5 Å². The smallest absolute Gasteiger partial charge is 0.547 e. The van der Waals surface area contributed by atoms with Crippen molar-refractivity contribution in [3.8, 4) is 22.8 Å². The van der Waals surface area contributed by atoms with E-state index >= 15 is 0 Å². The van der Waals surface area contributed by atoms with Crippen LogP contribution < -0.4 is 44.1 Å². The summed E-state index contributed by atoms with van der Waals surface area (Å²) in [6, 6.07) is 19.8. The molecule has 34 heavy (non-hydrogen) atoms. The maximum absolute atomic E-state index is 11.2. The van der Waals surface area contributed by atoms with E-state index in [1.807, 2.05) is 36.4 Å². The van der Waals surface area contributed by atoms with Gasteiger partial charge in [0.05, 0.1) is 19.6 Å². The number of carboxylic acids is 1. The molecule has 176 valence electrons. The molecule has 0 N–H and O–H groups in total. The van der Waals surface area contributed by atoms with Crippen molar-refractivity contribution in [1.82, 2.24) is 4.57 Å². The summed E-state index contributed by atoms with van der Waals surface area (Å²) in [5.74, 6) is 0.764. The quantitative estimate of drug-likeness (QED) is 0.368. The number of hydrogen-bond donors (Lipinski definition) is 0. The van der Waals surface area contributed by atoms with Gasteiger partial charge in [-0.05, 0) is 72.5 Å². The Hall–Kier alpha value is -2.25. The van der Waals surface area contributed by atoms with Gasteiger partial charge in [-0.2, -0.15) is 0 Å². The molecule has 1 heterocycles. The number of benzene rings is 2. The van der Waals surface area contributed by atoms with Gasteiger partial charge in [-0.3, -0.25) is 0 Å². The van der Waals surface area contributed by atoms with Gasteiger partial charge in [-0.15, -0.1) is 0 Å². The molecule has 0 amide bonds. The van der Waals surface area contributed by atoms with Crippen LogP contribution in [-0.4, -0.2) is 37.0 Å². The zero-order valence-electron chi connectivity index (χ0n) is 20.7. The average molecular weight is 474 g/mol. The van der Waals surface area contributed by atoms with Gasteiger partial charge in [0.2, 0.25) is 0 Å². The molecule has 0 bridgehead atoms. The number of ether oxygens (including phenoxy) is 3. The van der Waals surface area contributed by atoms with E-state index in [4.69, 9.17) is 14.2 Å². The van der Waals surface area contributed by atoms with E-state index in [-0.39, 0.29) is 36.0 Å². The molecule has 0 radical (unpaired) electrons. The summed E-state index contributed by atoms with van der Waals surface area (Å²) in [5.41, 5.74) is 4.39. The number of carboxylic acid groups (broad SMARTS) is 1. The monoisotopic (exact) mass is 473 g/mol. The minimum absolute atomic E-state index is 0. The first-order chi connectivity index (χ1) is 15.9. The summed E-state index contributed by atoms with van der Waals surface area (Å²) < 4.78 is 18.8. The van der Waals surface area contributed by atoms with Crippen molar-refractivity contribution < 1.29 is 53.7 Å². The maximum atomic E-state index is 11.2. The van der Waals surface area contributed by atoms with Crippen LogP contribution in [0, 0.1) is 0 Å².